The van der Waals surface area contributed by atoms with Crippen LogP contribution < -0.4 is 10.7 Å². The fourth-order valence-electron chi connectivity index (χ4n) is 2.72. The summed E-state index contributed by atoms with van der Waals surface area (Å²) in [5, 5.41) is 4.29. The Balaban J connectivity index is 1.70. The summed E-state index contributed by atoms with van der Waals surface area (Å²) >= 11 is 12.5. The summed E-state index contributed by atoms with van der Waals surface area (Å²) in [6, 6.07) is 8.91. The molecule has 3 heterocycles. The van der Waals surface area contributed by atoms with E-state index in [9.17, 15) is 4.79 Å². The molecule has 0 bridgehead atoms. The van der Waals surface area contributed by atoms with E-state index in [2.05, 4.69) is 25.3 Å². The molecule has 0 spiro atoms. The second-order valence-corrected chi connectivity index (χ2v) is 6.61. The van der Waals surface area contributed by atoms with Crippen LogP contribution in [0.25, 0.3) is 22.2 Å². The van der Waals surface area contributed by atoms with Crippen LogP contribution >= 0.6 is 23.2 Å². The number of nitrogens with zero attached hydrogens (tertiary/aromatic N) is 3. The summed E-state index contributed by atoms with van der Waals surface area (Å²) in [6.07, 6.45) is 6.50. The number of halogens is 2. The number of rotatable bonds is 4. The lowest BCUT2D eigenvalue weighted by Gasteiger charge is -2.09. The van der Waals surface area contributed by atoms with Crippen LogP contribution in [0.1, 0.15) is 5.56 Å². The van der Waals surface area contributed by atoms with Crippen LogP contribution in [0.2, 0.25) is 10.0 Å². The molecular formula is C19H13Cl2N5O. The van der Waals surface area contributed by atoms with Crippen LogP contribution in [0.5, 0.6) is 0 Å². The van der Waals surface area contributed by atoms with Crippen LogP contribution in [0.15, 0.2) is 59.9 Å². The van der Waals surface area contributed by atoms with Crippen molar-refractivity contribution >= 4 is 40.2 Å². The molecular weight excluding hydrogens is 385 g/mol. The third-order valence-electron chi connectivity index (χ3n) is 4.06. The highest BCUT2D eigenvalue weighted by atomic mass is 35.5. The molecule has 8 heteroatoms. The summed E-state index contributed by atoms with van der Waals surface area (Å²) in [5.41, 5.74) is 2.10. The van der Waals surface area contributed by atoms with E-state index in [1.807, 2.05) is 12.1 Å². The van der Waals surface area contributed by atoms with E-state index < -0.39 is 0 Å². The summed E-state index contributed by atoms with van der Waals surface area (Å²) in [6.45, 7) is 0.547. The van der Waals surface area contributed by atoms with Gasteiger partial charge in [0.1, 0.15) is 5.65 Å². The van der Waals surface area contributed by atoms with Gasteiger partial charge in [0, 0.05) is 42.5 Å². The molecule has 0 aliphatic heterocycles. The number of nitrogens with one attached hydrogen (secondary N) is 2. The minimum absolute atomic E-state index is 0.237. The fourth-order valence-corrected chi connectivity index (χ4v) is 3.32. The van der Waals surface area contributed by atoms with Crippen LogP contribution in [0, 0.1) is 0 Å². The molecule has 3 aromatic heterocycles. The average molecular weight is 398 g/mol. The Kier molecular flexibility index (Phi) is 4.75. The van der Waals surface area contributed by atoms with Gasteiger partial charge in [-0.25, -0.2) is 4.98 Å². The van der Waals surface area contributed by atoms with Crippen molar-refractivity contribution in [1.82, 2.24) is 19.9 Å². The summed E-state index contributed by atoms with van der Waals surface area (Å²) in [4.78, 5) is 28.5. The molecule has 0 saturated carbocycles. The molecule has 0 unspecified atom stereocenters. The van der Waals surface area contributed by atoms with Gasteiger partial charge < -0.3 is 10.3 Å². The van der Waals surface area contributed by atoms with Gasteiger partial charge in [0.25, 0.3) is 0 Å². The predicted molar refractivity (Wildman–Crippen MR) is 107 cm³/mol. The minimum atomic E-state index is -0.237. The smallest absolute Gasteiger partial charge is 0.224 e. The molecule has 6 nitrogen and oxygen atoms in total. The molecule has 27 heavy (non-hydrogen) atoms. The quantitative estimate of drug-likeness (QED) is 0.536. The van der Waals surface area contributed by atoms with Crippen molar-refractivity contribution in [2.45, 2.75) is 6.54 Å². The van der Waals surface area contributed by atoms with Crippen LogP contribution in [0.4, 0.5) is 5.95 Å². The van der Waals surface area contributed by atoms with Crippen molar-refractivity contribution < 1.29 is 0 Å². The standard InChI is InChI=1S/C19H13Cl2N5O/c20-14-2-1-3-15(21)16(14)12-9-23-18-13(17(12)27)10-25-19(26-18)24-8-11-4-6-22-7-5-11/h1-7,9-10H,8H2,(H2,23,24,25,26,27). The number of fused-ring (bicyclic) bond motifs is 1. The maximum Gasteiger partial charge on any atom is 0.224 e. The topological polar surface area (TPSA) is 83.6 Å². The van der Waals surface area contributed by atoms with Gasteiger partial charge in [0.2, 0.25) is 5.95 Å². The van der Waals surface area contributed by atoms with Crippen LogP contribution in [-0.2, 0) is 6.54 Å². The fraction of sp³-hybridized carbons (Fsp3) is 0.0526. The van der Waals surface area contributed by atoms with Crippen LogP contribution in [0.3, 0.4) is 0 Å². The van der Waals surface area contributed by atoms with Crippen molar-refractivity contribution in [2.75, 3.05) is 5.32 Å². The summed E-state index contributed by atoms with van der Waals surface area (Å²) in [7, 11) is 0. The van der Waals surface area contributed by atoms with Gasteiger partial charge in [0.15, 0.2) is 5.43 Å². The van der Waals surface area contributed by atoms with Crippen molar-refractivity contribution in [3.63, 3.8) is 0 Å². The second kappa shape index (κ2) is 7.34. The molecule has 1 aromatic carbocycles. The number of aromatic nitrogens is 4. The van der Waals surface area contributed by atoms with Gasteiger partial charge in [-0.1, -0.05) is 29.3 Å². The first kappa shape index (κ1) is 17.5. The SMILES string of the molecule is O=c1c(-c2c(Cl)cccc2Cl)c[nH]c2nc(NCc3ccncc3)ncc12. The third kappa shape index (κ3) is 3.49. The zero-order valence-electron chi connectivity index (χ0n) is 13.9. The first-order valence-corrected chi connectivity index (χ1v) is 8.84. The highest BCUT2D eigenvalue weighted by Gasteiger charge is 2.15. The van der Waals surface area contributed by atoms with Crippen LogP contribution in [-0.4, -0.2) is 19.9 Å². The van der Waals surface area contributed by atoms with Gasteiger partial charge in [-0.05, 0) is 29.8 Å². The van der Waals surface area contributed by atoms with E-state index in [0.717, 1.165) is 5.56 Å². The maximum atomic E-state index is 12.9. The molecule has 0 amide bonds. The molecule has 0 aliphatic rings. The molecule has 0 radical (unpaired) electrons. The Morgan fingerprint density at radius 1 is 1.07 bits per heavy atom. The van der Waals surface area contributed by atoms with E-state index >= 15 is 0 Å². The Labute approximate surface area is 164 Å². The molecule has 134 valence electrons. The Morgan fingerprint density at radius 3 is 2.56 bits per heavy atom. The monoisotopic (exact) mass is 397 g/mol. The summed E-state index contributed by atoms with van der Waals surface area (Å²) in [5.74, 6) is 0.415. The third-order valence-corrected chi connectivity index (χ3v) is 4.69. The zero-order chi connectivity index (χ0) is 18.8. The molecule has 0 saturated heterocycles. The maximum absolute atomic E-state index is 12.9. The van der Waals surface area contributed by atoms with Crippen molar-refractivity contribution in [3.8, 4) is 11.1 Å². The average Bonchev–Trinajstić information content (AvgIpc) is 2.68. The molecule has 0 atom stereocenters. The zero-order valence-corrected chi connectivity index (χ0v) is 15.4. The van der Waals surface area contributed by atoms with E-state index in [1.54, 1.807) is 36.8 Å². The number of hydrogen-bond donors (Lipinski definition) is 2. The normalized spacial score (nSPS) is 10.9. The highest BCUT2D eigenvalue weighted by molar-refractivity contribution is 6.39. The van der Waals surface area contributed by atoms with Gasteiger partial charge in [-0.3, -0.25) is 9.78 Å². The number of benzene rings is 1. The number of hydrogen-bond acceptors (Lipinski definition) is 5. The largest absolute Gasteiger partial charge is 0.350 e. The van der Waals surface area contributed by atoms with Crippen molar-refractivity contribution in [3.05, 3.63) is 81.0 Å². The van der Waals surface area contributed by atoms with E-state index in [4.69, 9.17) is 23.2 Å². The number of pyridine rings is 2. The van der Waals surface area contributed by atoms with Crippen molar-refractivity contribution in [1.29, 1.82) is 0 Å². The minimum Gasteiger partial charge on any atom is -0.350 e. The highest BCUT2D eigenvalue weighted by Crippen LogP contribution is 2.32. The van der Waals surface area contributed by atoms with Gasteiger partial charge in [-0.2, -0.15) is 4.98 Å². The van der Waals surface area contributed by atoms with Gasteiger partial charge in [-0.15, -0.1) is 0 Å². The number of anilines is 1. The second-order valence-electron chi connectivity index (χ2n) is 5.79. The first-order valence-electron chi connectivity index (χ1n) is 8.09. The molecule has 4 rings (SSSR count). The van der Waals surface area contributed by atoms with E-state index in [-0.39, 0.29) is 5.43 Å². The summed E-state index contributed by atoms with van der Waals surface area (Å²) < 4.78 is 0. The predicted octanol–water partition coefficient (Wildman–Crippen LogP) is 4.30. The molecule has 0 fully saturated rings. The molecule has 2 N–H and O–H groups in total. The van der Waals surface area contributed by atoms with Crippen molar-refractivity contribution in [2.24, 2.45) is 0 Å². The lowest BCUT2D eigenvalue weighted by molar-refractivity contribution is 1.05. The van der Waals surface area contributed by atoms with Gasteiger partial charge in [0.05, 0.1) is 15.4 Å². The molecule has 4 aromatic rings. The van der Waals surface area contributed by atoms with E-state index in [1.165, 1.54) is 6.20 Å². The number of H-pyrrole nitrogens is 1. The Hall–Kier alpha value is -2.96. The molecule has 0 aliphatic carbocycles. The lowest BCUT2D eigenvalue weighted by Crippen LogP contribution is -2.10. The van der Waals surface area contributed by atoms with E-state index in [0.29, 0.717) is 44.7 Å². The Morgan fingerprint density at radius 2 is 1.81 bits per heavy atom. The Bertz CT molecular complexity index is 1160. The lowest BCUT2D eigenvalue weighted by atomic mass is 10.1. The number of aromatic amines is 1. The first-order chi connectivity index (χ1) is 13.1. The van der Waals surface area contributed by atoms with Gasteiger partial charge >= 0.3 is 0 Å².